The highest BCUT2D eigenvalue weighted by molar-refractivity contribution is 6.01. The molecule has 1 aliphatic carbocycles. The van der Waals surface area contributed by atoms with E-state index in [0.717, 1.165) is 35.4 Å². The number of benzene rings is 2. The maximum absolute atomic E-state index is 13.6. The second kappa shape index (κ2) is 7.39. The monoisotopic (exact) mass is 396 g/mol. The highest BCUT2D eigenvalue weighted by Gasteiger charge is 2.35. The van der Waals surface area contributed by atoms with Crippen molar-refractivity contribution in [2.24, 2.45) is 11.1 Å². The zero-order valence-corrected chi connectivity index (χ0v) is 15.8. The van der Waals surface area contributed by atoms with E-state index in [4.69, 9.17) is 14.3 Å². The summed E-state index contributed by atoms with van der Waals surface area (Å²) in [7, 11) is 0. The number of ether oxygens (including phenoxy) is 2. The zero-order chi connectivity index (χ0) is 19.8. The largest absolute Gasteiger partial charge is 0.454 e. The summed E-state index contributed by atoms with van der Waals surface area (Å²) in [6.45, 7) is 1.01. The summed E-state index contributed by atoms with van der Waals surface area (Å²) in [5.41, 5.74) is 2.51. The van der Waals surface area contributed by atoms with Gasteiger partial charge in [-0.2, -0.15) is 0 Å². The first kappa shape index (κ1) is 18.0. The van der Waals surface area contributed by atoms with E-state index in [9.17, 15) is 9.18 Å². The minimum absolute atomic E-state index is 0.0826. The fourth-order valence-electron chi connectivity index (χ4n) is 3.70. The van der Waals surface area contributed by atoms with E-state index in [2.05, 4.69) is 5.16 Å². The van der Waals surface area contributed by atoms with E-state index < -0.39 is 0 Å². The molecule has 2 aromatic carbocycles. The van der Waals surface area contributed by atoms with Crippen molar-refractivity contribution in [3.05, 3.63) is 59.4 Å². The van der Waals surface area contributed by atoms with E-state index in [-0.39, 0.29) is 30.5 Å². The van der Waals surface area contributed by atoms with E-state index >= 15 is 0 Å². The van der Waals surface area contributed by atoms with Gasteiger partial charge in [0.2, 0.25) is 12.7 Å². The molecule has 1 fully saturated rings. The molecule has 0 saturated heterocycles. The molecule has 2 aliphatic heterocycles. The molecule has 5 rings (SSSR count). The number of amides is 1. The quantitative estimate of drug-likeness (QED) is 0.750. The highest BCUT2D eigenvalue weighted by Crippen LogP contribution is 2.34. The zero-order valence-electron chi connectivity index (χ0n) is 15.8. The third kappa shape index (κ3) is 3.90. The minimum atomic E-state index is -0.299. The Labute approximate surface area is 167 Å². The fraction of sp³-hybridized carbons (Fsp3) is 0.364. The van der Waals surface area contributed by atoms with Gasteiger partial charge in [0.1, 0.15) is 5.82 Å². The summed E-state index contributed by atoms with van der Waals surface area (Å²) in [5.74, 6) is 1.31. The Bertz CT molecular complexity index is 973. The second-order valence-electron chi connectivity index (χ2n) is 7.66. The number of hydrogen-bond donors (Lipinski definition) is 0. The van der Waals surface area contributed by atoms with Crippen LogP contribution in [0.1, 0.15) is 30.4 Å². The van der Waals surface area contributed by atoms with Gasteiger partial charge in [-0.05, 0) is 48.7 Å². The van der Waals surface area contributed by atoms with Gasteiger partial charge in [-0.25, -0.2) is 4.39 Å². The normalized spacial score (nSPS) is 19.6. The molecule has 7 heteroatoms. The van der Waals surface area contributed by atoms with Gasteiger partial charge in [0.25, 0.3) is 0 Å². The Morgan fingerprint density at radius 1 is 1.14 bits per heavy atom. The van der Waals surface area contributed by atoms with Crippen LogP contribution >= 0.6 is 0 Å². The Hall–Kier alpha value is -3.09. The van der Waals surface area contributed by atoms with Crippen LogP contribution in [0, 0.1) is 11.7 Å². The SMILES string of the molecule is O=C(C1CC1)N(Cc1cccc(F)c1)C[C@H]1CC(c2ccc3c(c2)OCO3)=NO1. The van der Waals surface area contributed by atoms with Crippen LogP contribution in [-0.4, -0.2) is 36.0 Å². The number of fused-ring (bicyclic) bond motifs is 1. The van der Waals surface area contributed by atoms with Crippen molar-refractivity contribution in [3.63, 3.8) is 0 Å². The summed E-state index contributed by atoms with van der Waals surface area (Å²) < 4.78 is 24.3. The average Bonchev–Trinajstić information content (AvgIpc) is 3.28. The maximum atomic E-state index is 13.6. The Morgan fingerprint density at radius 3 is 2.83 bits per heavy atom. The molecule has 3 aliphatic rings. The molecule has 6 nitrogen and oxygen atoms in total. The smallest absolute Gasteiger partial charge is 0.231 e. The fourth-order valence-corrected chi connectivity index (χ4v) is 3.70. The predicted octanol–water partition coefficient (Wildman–Crippen LogP) is 3.49. The number of carbonyl (C=O) groups is 1. The van der Waals surface area contributed by atoms with Crippen LogP contribution in [0.4, 0.5) is 4.39 Å². The lowest BCUT2D eigenvalue weighted by Gasteiger charge is -2.25. The van der Waals surface area contributed by atoms with Gasteiger partial charge >= 0.3 is 0 Å². The van der Waals surface area contributed by atoms with Crippen LogP contribution in [0.15, 0.2) is 47.6 Å². The lowest BCUT2D eigenvalue weighted by molar-refractivity contribution is -0.135. The molecule has 0 spiro atoms. The van der Waals surface area contributed by atoms with Gasteiger partial charge in [-0.3, -0.25) is 4.79 Å². The second-order valence-corrected chi connectivity index (χ2v) is 7.66. The Kier molecular flexibility index (Phi) is 4.58. The van der Waals surface area contributed by atoms with Crippen LogP contribution in [0.5, 0.6) is 11.5 Å². The van der Waals surface area contributed by atoms with Gasteiger partial charge in [-0.1, -0.05) is 17.3 Å². The Morgan fingerprint density at radius 2 is 2.00 bits per heavy atom. The summed E-state index contributed by atoms with van der Waals surface area (Å²) in [5, 5.41) is 4.23. The molecule has 1 saturated carbocycles. The molecule has 0 bridgehead atoms. The molecule has 2 heterocycles. The molecule has 1 amide bonds. The molecule has 29 heavy (non-hydrogen) atoms. The molecular formula is C22H21FN2O4. The predicted molar refractivity (Wildman–Crippen MR) is 103 cm³/mol. The summed E-state index contributed by atoms with van der Waals surface area (Å²) in [6, 6.07) is 12.1. The lowest BCUT2D eigenvalue weighted by atomic mass is 10.0. The van der Waals surface area contributed by atoms with E-state index in [1.54, 1.807) is 11.0 Å². The van der Waals surface area contributed by atoms with Crippen LogP contribution in [0.2, 0.25) is 0 Å². The molecule has 2 aromatic rings. The van der Waals surface area contributed by atoms with Crippen LogP contribution < -0.4 is 9.47 Å². The van der Waals surface area contributed by atoms with Gasteiger partial charge in [0.15, 0.2) is 17.6 Å². The van der Waals surface area contributed by atoms with Crippen LogP contribution in [0.3, 0.4) is 0 Å². The number of nitrogens with zero attached hydrogens (tertiary/aromatic N) is 2. The maximum Gasteiger partial charge on any atom is 0.231 e. The molecule has 0 N–H and O–H groups in total. The lowest BCUT2D eigenvalue weighted by Crippen LogP contribution is -2.38. The highest BCUT2D eigenvalue weighted by atomic mass is 19.1. The van der Waals surface area contributed by atoms with Crippen molar-refractivity contribution in [2.75, 3.05) is 13.3 Å². The van der Waals surface area contributed by atoms with Crippen molar-refractivity contribution in [2.45, 2.75) is 31.9 Å². The van der Waals surface area contributed by atoms with Crippen molar-refractivity contribution in [3.8, 4) is 11.5 Å². The standard InChI is InChI=1S/C22H21FN2O4/c23-17-3-1-2-14(8-17)11-25(22(26)15-4-5-15)12-18-10-19(24-29-18)16-6-7-20-21(9-16)28-13-27-20/h1-3,6-9,15,18H,4-5,10-13H2/t18-/m1/s1. The first-order valence-corrected chi connectivity index (χ1v) is 9.81. The number of carbonyl (C=O) groups excluding carboxylic acids is 1. The van der Waals surface area contributed by atoms with E-state index in [1.807, 2.05) is 24.3 Å². The van der Waals surface area contributed by atoms with Gasteiger partial charge < -0.3 is 19.2 Å². The van der Waals surface area contributed by atoms with Crippen LogP contribution in [0.25, 0.3) is 0 Å². The summed E-state index contributed by atoms with van der Waals surface area (Å²) in [6.07, 6.45) is 2.20. The average molecular weight is 396 g/mol. The van der Waals surface area contributed by atoms with Gasteiger partial charge in [0.05, 0.1) is 12.3 Å². The molecule has 150 valence electrons. The van der Waals surface area contributed by atoms with Gasteiger partial charge in [-0.15, -0.1) is 0 Å². The Balaban J connectivity index is 1.27. The molecule has 0 unspecified atom stereocenters. The molecule has 0 aromatic heterocycles. The van der Waals surface area contributed by atoms with Crippen molar-refractivity contribution < 1.29 is 23.5 Å². The number of halogens is 1. The van der Waals surface area contributed by atoms with E-state index in [0.29, 0.717) is 25.3 Å². The molecular weight excluding hydrogens is 375 g/mol. The third-order valence-corrected chi connectivity index (χ3v) is 5.36. The summed E-state index contributed by atoms with van der Waals surface area (Å²) in [4.78, 5) is 20.2. The number of oxime groups is 1. The third-order valence-electron chi connectivity index (χ3n) is 5.36. The minimum Gasteiger partial charge on any atom is -0.454 e. The van der Waals surface area contributed by atoms with Crippen LogP contribution in [-0.2, 0) is 16.2 Å². The molecule has 1 atom stereocenters. The number of hydrogen-bond acceptors (Lipinski definition) is 5. The molecule has 0 radical (unpaired) electrons. The van der Waals surface area contributed by atoms with Gasteiger partial charge in [0, 0.05) is 24.4 Å². The first-order chi connectivity index (χ1) is 14.2. The topological polar surface area (TPSA) is 60.4 Å². The van der Waals surface area contributed by atoms with Crippen molar-refractivity contribution in [1.29, 1.82) is 0 Å². The van der Waals surface area contributed by atoms with E-state index in [1.165, 1.54) is 12.1 Å². The number of rotatable bonds is 6. The van der Waals surface area contributed by atoms with Crippen molar-refractivity contribution >= 4 is 11.6 Å². The van der Waals surface area contributed by atoms with Crippen molar-refractivity contribution in [1.82, 2.24) is 4.90 Å². The summed E-state index contributed by atoms with van der Waals surface area (Å²) >= 11 is 0. The first-order valence-electron chi connectivity index (χ1n) is 9.81.